The minimum Gasteiger partial charge on any atom is -0.478 e. The lowest BCUT2D eigenvalue weighted by molar-refractivity contribution is 0.0697. The van der Waals surface area contributed by atoms with E-state index in [-0.39, 0.29) is 21.3 Å². The zero-order valence-electron chi connectivity index (χ0n) is 8.61. The number of aromatic carboxylic acids is 1. The summed E-state index contributed by atoms with van der Waals surface area (Å²) in [5, 5.41) is 29.3. The zero-order valence-corrected chi connectivity index (χ0v) is 10.1. The van der Waals surface area contributed by atoms with Crippen LogP contribution < -0.4 is 5.43 Å². The van der Waals surface area contributed by atoms with Gasteiger partial charge in [0.15, 0.2) is 0 Å². The Hall–Kier alpha value is -2.28. The smallest absolute Gasteiger partial charge is 0.335 e. The summed E-state index contributed by atoms with van der Waals surface area (Å²) in [7, 11) is 0. The molecule has 18 heavy (non-hydrogen) atoms. The molecule has 0 fully saturated rings. The van der Waals surface area contributed by atoms with Gasteiger partial charge in [-0.1, -0.05) is 23.2 Å². The zero-order chi connectivity index (χ0) is 13.7. The number of halogens is 2. The Morgan fingerprint density at radius 2 is 1.94 bits per heavy atom. The summed E-state index contributed by atoms with van der Waals surface area (Å²) >= 11 is 11.5. The first kappa shape index (κ1) is 13.8. The van der Waals surface area contributed by atoms with E-state index in [1.807, 2.05) is 0 Å². The molecule has 0 unspecified atom stereocenters. The van der Waals surface area contributed by atoms with Crippen LogP contribution in [0, 0.1) is 22.7 Å². The second-order valence-corrected chi connectivity index (χ2v) is 3.71. The summed E-state index contributed by atoms with van der Waals surface area (Å²) in [6.45, 7) is 0. The largest absolute Gasteiger partial charge is 0.478 e. The van der Waals surface area contributed by atoms with E-state index >= 15 is 0 Å². The van der Waals surface area contributed by atoms with Crippen LogP contribution in [0.3, 0.4) is 0 Å². The molecule has 1 aromatic rings. The third-order valence-corrected chi connectivity index (χ3v) is 2.58. The highest BCUT2D eigenvalue weighted by Crippen LogP contribution is 2.31. The SMILES string of the molecule is N#CC(C#N)=NNc1cc(C(=O)O)cc(Cl)c1Cl. The molecule has 0 atom stereocenters. The van der Waals surface area contributed by atoms with Crippen molar-refractivity contribution in [3.05, 3.63) is 27.7 Å². The number of nitrogens with zero attached hydrogens (tertiary/aromatic N) is 3. The minimum absolute atomic E-state index is 0.0183. The van der Waals surface area contributed by atoms with E-state index in [0.717, 1.165) is 0 Å². The van der Waals surface area contributed by atoms with E-state index in [1.54, 1.807) is 0 Å². The van der Waals surface area contributed by atoms with Crippen molar-refractivity contribution in [1.82, 2.24) is 0 Å². The van der Waals surface area contributed by atoms with Gasteiger partial charge in [-0.25, -0.2) is 4.79 Å². The molecule has 6 nitrogen and oxygen atoms in total. The summed E-state index contributed by atoms with van der Waals surface area (Å²) in [6, 6.07) is 5.42. The van der Waals surface area contributed by atoms with Crippen LogP contribution in [0.5, 0.6) is 0 Å². The van der Waals surface area contributed by atoms with Crippen LogP contribution >= 0.6 is 23.2 Å². The minimum atomic E-state index is -1.19. The third-order valence-electron chi connectivity index (χ3n) is 1.78. The molecule has 0 radical (unpaired) electrons. The number of hydrogen-bond donors (Lipinski definition) is 2. The van der Waals surface area contributed by atoms with Crippen molar-refractivity contribution in [2.45, 2.75) is 0 Å². The Morgan fingerprint density at radius 3 is 2.44 bits per heavy atom. The molecule has 0 aromatic heterocycles. The van der Waals surface area contributed by atoms with Crippen LogP contribution in [0.15, 0.2) is 17.2 Å². The van der Waals surface area contributed by atoms with Crippen LogP contribution in [0.1, 0.15) is 10.4 Å². The molecular weight excluding hydrogens is 279 g/mol. The van der Waals surface area contributed by atoms with Gasteiger partial charge in [-0.15, -0.1) is 0 Å². The Bertz CT molecular complexity index is 598. The molecule has 0 spiro atoms. The number of carbonyl (C=O) groups is 1. The first-order valence-corrected chi connectivity index (χ1v) is 5.11. The lowest BCUT2D eigenvalue weighted by Gasteiger charge is -2.06. The molecule has 2 N–H and O–H groups in total. The molecule has 8 heteroatoms. The molecule has 1 aromatic carbocycles. The van der Waals surface area contributed by atoms with E-state index in [1.165, 1.54) is 24.3 Å². The van der Waals surface area contributed by atoms with Crippen molar-refractivity contribution < 1.29 is 9.90 Å². The molecule has 0 aliphatic rings. The predicted molar refractivity (Wildman–Crippen MR) is 65.7 cm³/mol. The molecule has 0 amide bonds. The average molecular weight is 283 g/mol. The molecule has 0 aliphatic carbocycles. The summed E-state index contributed by atoms with van der Waals surface area (Å²) in [4.78, 5) is 10.8. The van der Waals surface area contributed by atoms with E-state index < -0.39 is 11.7 Å². The van der Waals surface area contributed by atoms with Crippen LogP contribution in [-0.4, -0.2) is 16.8 Å². The highest BCUT2D eigenvalue weighted by molar-refractivity contribution is 6.44. The van der Waals surface area contributed by atoms with Crippen molar-refractivity contribution in [3.8, 4) is 12.1 Å². The van der Waals surface area contributed by atoms with Crippen molar-refractivity contribution in [3.63, 3.8) is 0 Å². The number of nitrogens with one attached hydrogen (secondary N) is 1. The highest BCUT2D eigenvalue weighted by Gasteiger charge is 2.11. The van der Waals surface area contributed by atoms with E-state index in [4.69, 9.17) is 38.8 Å². The summed E-state index contributed by atoms with van der Waals surface area (Å²) in [5.74, 6) is -1.19. The maximum Gasteiger partial charge on any atom is 0.335 e. The first-order chi connectivity index (χ1) is 8.49. The maximum atomic E-state index is 10.8. The normalized spacial score (nSPS) is 8.89. The van der Waals surface area contributed by atoms with Crippen molar-refractivity contribution in [2.75, 3.05) is 5.43 Å². The van der Waals surface area contributed by atoms with E-state index in [0.29, 0.717) is 0 Å². The van der Waals surface area contributed by atoms with Crippen LogP contribution in [0.2, 0.25) is 10.0 Å². The Balaban J connectivity index is 3.18. The van der Waals surface area contributed by atoms with Crippen molar-refractivity contribution >= 4 is 40.6 Å². The number of nitriles is 2. The van der Waals surface area contributed by atoms with Crippen molar-refractivity contribution in [1.29, 1.82) is 10.5 Å². The number of carboxylic acids is 1. The summed E-state index contributed by atoms with van der Waals surface area (Å²) < 4.78 is 0. The van der Waals surface area contributed by atoms with Gasteiger partial charge in [-0.3, -0.25) is 5.43 Å². The second kappa shape index (κ2) is 5.87. The Kier molecular flexibility index (Phi) is 4.50. The van der Waals surface area contributed by atoms with Gasteiger partial charge in [0.05, 0.1) is 21.3 Å². The fraction of sp³-hybridized carbons (Fsp3) is 0. The number of rotatable bonds is 3. The topological polar surface area (TPSA) is 109 Å². The van der Waals surface area contributed by atoms with Gasteiger partial charge in [0.2, 0.25) is 5.71 Å². The summed E-state index contributed by atoms with van der Waals surface area (Å²) in [6.07, 6.45) is 0. The standard InChI is InChI=1S/C10H4Cl2N4O2/c11-7-1-5(10(17)18)2-8(9(7)12)16-15-6(3-13)4-14/h1-2,16H,(H,17,18). The van der Waals surface area contributed by atoms with Crippen LogP contribution in [-0.2, 0) is 0 Å². The van der Waals surface area contributed by atoms with Gasteiger partial charge in [0, 0.05) is 0 Å². The number of benzene rings is 1. The second-order valence-electron chi connectivity index (χ2n) is 2.92. The van der Waals surface area contributed by atoms with Gasteiger partial charge < -0.3 is 5.11 Å². The molecular formula is C10H4Cl2N4O2. The molecule has 0 saturated carbocycles. The van der Waals surface area contributed by atoms with Gasteiger partial charge in [0.25, 0.3) is 0 Å². The lowest BCUT2D eigenvalue weighted by Crippen LogP contribution is -2.01. The van der Waals surface area contributed by atoms with Crippen molar-refractivity contribution in [2.24, 2.45) is 5.10 Å². The lowest BCUT2D eigenvalue weighted by atomic mass is 10.2. The molecule has 0 aliphatic heterocycles. The Labute approximate surface area is 112 Å². The number of carboxylic acid groups (broad SMARTS) is 1. The quantitative estimate of drug-likeness (QED) is 0.654. The fourth-order valence-electron chi connectivity index (χ4n) is 0.985. The maximum absolute atomic E-state index is 10.8. The number of hydrogen-bond acceptors (Lipinski definition) is 5. The Morgan fingerprint density at radius 1 is 1.33 bits per heavy atom. The molecule has 0 saturated heterocycles. The van der Waals surface area contributed by atoms with Crippen LogP contribution in [0.25, 0.3) is 0 Å². The number of hydrazone groups is 1. The van der Waals surface area contributed by atoms with E-state index in [2.05, 4.69) is 10.5 Å². The fourth-order valence-corrected chi connectivity index (χ4v) is 1.36. The van der Waals surface area contributed by atoms with E-state index in [9.17, 15) is 4.79 Å². The summed E-state index contributed by atoms with van der Waals surface area (Å²) in [5.41, 5.74) is 1.87. The van der Waals surface area contributed by atoms with Crippen LogP contribution in [0.4, 0.5) is 5.69 Å². The highest BCUT2D eigenvalue weighted by atomic mass is 35.5. The third kappa shape index (κ3) is 3.11. The molecule has 90 valence electrons. The number of anilines is 1. The average Bonchev–Trinajstić information content (AvgIpc) is 2.34. The first-order valence-electron chi connectivity index (χ1n) is 4.35. The predicted octanol–water partition coefficient (Wildman–Crippen LogP) is 2.51. The molecule has 0 heterocycles. The molecule has 1 rings (SSSR count). The van der Waals surface area contributed by atoms with Gasteiger partial charge in [-0.2, -0.15) is 15.6 Å². The van der Waals surface area contributed by atoms with Gasteiger partial charge in [-0.05, 0) is 12.1 Å². The molecule has 0 bridgehead atoms. The monoisotopic (exact) mass is 282 g/mol. The van der Waals surface area contributed by atoms with Gasteiger partial charge in [0.1, 0.15) is 12.1 Å². The van der Waals surface area contributed by atoms with Gasteiger partial charge >= 0.3 is 5.97 Å².